The van der Waals surface area contributed by atoms with Gasteiger partial charge in [-0.3, -0.25) is 0 Å². The average Bonchev–Trinajstić information content (AvgIpc) is 3.62. The minimum Gasteiger partial charge on any atom is -0.360 e. The molecule has 6 nitrogen and oxygen atoms in total. The van der Waals surface area contributed by atoms with Crippen LogP contribution in [0.3, 0.4) is 0 Å². The molecule has 0 amide bonds. The van der Waals surface area contributed by atoms with E-state index in [0.717, 1.165) is 36.9 Å². The second kappa shape index (κ2) is 8.28. The van der Waals surface area contributed by atoms with Crippen molar-refractivity contribution in [3.8, 4) is 0 Å². The van der Waals surface area contributed by atoms with E-state index >= 15 is 0 Å². The van der Waals surface area contributed by atoms with E-state index in [1.807, 2.05) is 45.9 Å². The minimum absolute atomic E-state index is 0.0466. The van der Waals surface area contributed by atoms with Crippen LogP contribution in [-0.2, 0) is 22.1 Å². The van der Waals surface area contributed by atoms with E-state index in [9.17, 15) is 8.42 Å². The Labute approximate surface area is 177 Å². The first-order valence-corrected chi connectivity index (χ1v) is 12.0. The van der Waals surface area contributed by atoms with E-state index in [4.69, 9.17) is 12.2 Å². The molecule has 2 aliphatic carbocycles. The summed E-state index contributed by atoms with van der Waals surface area (Å²) < 4.78 is 28.1. The topological polar surface area (TPSA) is 67.2 Å². The van der Waals surface area contributed by atoms with Crippen LogP contribution in [0.1, 0.15) is 43.0 Å². The number of thiocarbonyl (C=S) groups is 1. The van der Waals surface area contributed by atoms with Gasteiger partial charge >= 0.3 is 0 Å². The van der Waals surface area contributed by atoms with Gasteiger partial charge in [-0.2, -0.15) is 0 Å². The molecule has 1 heterocycles. The van der Waals surface area contributed by atoms with Crippen LogP contribution in [-0.4, -0.2) is 40.6 Å². The first kappa shape index (κ1) is 20.1. The van der Waals surface area contributed by atoms with E-state index in [-0.39, 0.29) is 17.0 Å². The van der Waals surface area contributed by atoms with Crippen molar-refractivity contribution in [3.63, 3.8) is 0 Å². The van der Waals surface area contributed by atoms with Crippen LogP contribution in [0, 0.1) is 0 Å². The second-order valence-corrected chi connectivity index (χ2v) is 10.0. The first-order valence-electron chi connectivity index (χ1n) is 9.97. The maximum Gasteiger partial charge on any atom is 0.228 e. The van der Waals surface area contributed by atoms with Crippen molar-refractivity contribution in [2.45, 2.75) is 55.2 Å². The molecule has 0 atom stereocenters. The molecule has 2 saturated carbocycles. The Hall–Kier alpha value is -2.19. The summed E-state index contributed by atoms with van der Waals surface area (Å²) in [5.41, 5.74) is 1.64. The highest BCUT2D eigenvalue weighted by atomic mass is 32.2. The summed E-state index contributed by atoms with van der Waals surface area (Å²) in [6.45, 7) is 4.94. The number of sulfone groups is 1. The quantitative estimate of drug-likeness (QED) is 0.487. The Morgan fingerprint density at radius 3 is 2.62 bits per heavy atom. The van der Waals surface area contributed by atoms with Gasteiger partial charge in [-0.05, 0) is 43.5 Å². The maximum atomic E-state index is 13.1. The molecule has 4 rings (SSSR count). The predicted molar refractivity (Wildman–Crippen MR) is 117 cm³/mol. The number of aromatic nitrogens is 2. The molecule has 29 heavy (non-hydrogen) atoms. The number of imidazole rings is 1. The fourth-order valence-corrected chi connectivity index (χ4v) is 5.22. The zero-order valence-electron chi connectivity index (χ0n) is 16.3. The van der Waals surface area contributed by atoms with E-state index in [2.05, 4.69) is 16.9 Å². The lowest BCUT2D eigenvalue weighted by molar-refractivity contribution is 0.423. The number of nitrogens with one attached hydrogen (secondary N) is 1. The molecule has 0 spiro atoms. The highest BCUT2D eigenvalue weighted by Gasteiger charge is 2.34. The van der Waals surface area contributed by atoms with Gasteiger partial charge in [0.25, 0.3) is 0 Å². The molecule has 154 valence electrons. The molecule has 2 fully saturated rings. The van der Waals surface area contributed by atoms with Gasteiger partial charge in [0.05, 0.1) is 24.2 Å². The van der Waals surface area contributed by atoms with Crippen molar-refractivity contribution < 1.29 is 8.42 Å². The second-order valence-electron chi connectivity index (χ2n) is 7.77. The minimum atomic E-state index is -3.54. The van der Waals surface area contributed by atoms with E-state index in [1.54, 1.807) is 6.20 Å². The third-order valence-corrected chi connectivity index (χ3v) is 7.07. The van der Waals surface area contributed by atoms with Gasteiger partial charge in [0.15, 0.2) is 5.11 Å². The molecule has 1 aromatic heterocycles. The Kier molecular flexibility index (Phi) is 5.74. The van der Waals surface area contributed by atoms with E-state index < -0.39 is 9.84 Å². The fourth-order valence-electron chi connectivity index (χ4n) is 3.37. The summed E-state index contributed by atoms with van der Waals surface area (Å²) in [5, 5.41) is 4.20. The zero-order valence-corrected chi connectivity index (χ0v) is 18.0. The zero-order chi connectivity index (χ0) is 20.4. The predicted octanol–water partition coefficient (Wildman–Crippen LogP) is 3.22. The summed E-state index contributed by atoms with van der Waals surface area (Å²) in [6, 6.07) is 9.91. The van der Waals surface area contributed by atoms with Crippen LogP contribution in [0.4, 0.5) is 0 Å². The molecule has 0 bridgehead atoms. The van der Waals surface area contributed by atoms with Gasteiger partial charge in [-0.1, -0.05) is 36.4 Å². The van der Waals surface area contributed by atoms with Crippen LogP contribution >= 0.6 is 12.2 Å². The van der Waals surface area contributed by atoms with Crippen LogP contribution in [0.2, 0.25) is 0 Å². The summed E-state index contributed by atoms with van der Waals surface area (Å²) in [5.74, 6) is -0.0466. The van der Waals surface area contributed by atoms with Gasteiger partial charge in [-0.25, -0.2) is 13.4 Å². The fraction of sp³-hybridized carbons (Fsp3) is 0.429. The molecule has 1 aromatic carbocycles. The standard InChI is InChI=1S/C21H26N4O2S2/c1-2-12-24(20(28)23-17-8-9-17)14-19-13-22-21(25(19)18-10-11-18)29(26,27)15-16-6-4-3-5-7-16/h2-7,13,17-18H,1,8-12,14-15H2,(H,23,28). The Bertz CT molecular complexity index is 993. The molecular formula is C21H26N4O2S2. The lowest BCUT2D eigenvalue weighted by atomic mass is 10.2. The number of benzene rings is 1. The molecular weight excluding hydrogens is 404 g/mol. The number of hydrogen-bond acceptors (Lipinski definition) is 4. The van der Waals surface area contributed by atoms with Crippen molar-refractivity contribution in [1.29, 1.82) is 0 Å². The Morgan fingerprint density at radius 1 is 1.28 bits per heavy atom. The maximum absolute atomic E-state index is 13.1. The van der Waals surface area contributed by atoms with Crippen molar-refractivity contribution in [3.05, 3.63) is 60.4 Å². The highest BCUT2D eigenvalue weighted by Crippen LogP contribution is 2.39. The van der Waals surface area contributed by atoms with Gasteiger partial charge in [0.2, 0.25) is 15.0 Å². The van der Waals surface area contributed by atoms with E-state index in [1.165, 1.54) is 0 Å². The van der Waals surface area contributed by atoms with Crippen LogP contribution in [0.25, 0.3) is 0 Å². The summed E-state index contributed by atoms with van der Waals surface area (Å²) in [6.07, 6.45) is 7.73. The first-order chi connectivity index (χ1) is 14.0. The smallest absolute Gasteiger partial charge is 0.228 e. The van der Waals surface area contributed by atoms with Gasteiger partial charge in [-0.15, -0.1) is 6.58 Å². The molecule has 1 N–H and O–H groups in total. The van der Waals surface area contributed by atoms with Crippen molar-refractivity contribution >= 4 is 27.2 Å². The van der Waals surface area contributed by atoms with Crippen molar-refractivity contribution in [1.82, 2.24) is 19.8 Å². The Morgan fingerprint density at radius 2 is 2.00 bits per heavy atom. The summed E-state index contributed by atoms with van der Waals surface area (Å²) in [7, 11) is -3.54. The van der Waals surface area contributed by atoms with Crippen LogP contribution < -0.4 is 5.32 Å². The molecule has 0 unspecified atom stereocenters. The number of nitrogens with zero attached hydrogens (tertiary/aromatic N) is 3. The third kappa shape index (κ3) is 4.87. The summed E-state index contributed by atoms with van der Waals surface area (Å²) >= 11 is 5.57. The van der Waals surface area contributed by atoms with Crippen LogP contribution in [0.15, 0.2) is 54.3 Å². The lowest BCUT2D eigenvalue weighted by Crippen LogP contribution is -2.40. The Balaban J connectivity index is 1.59. The van der Waals surface area contributed by atoms with E-state index in [0.29, 0.717) is 24.2 Å². The summed E-state index contributed by atoms with van der Waals surface area (Å²) in [4.78, 5) is 6.37. The molecule has 2 aromatic rings. The molecule has 0 aliphatic heterocycles. The van der Waals surface area contributed by atoms with Gasteiger partial charge in [0.1, 0.15) is 0 Å². The van der Waals surface area contributed by atoms with Crippen molar-refractivity contribution in [2.24, 2.45) is 0 Å². The molecule has 8 heteroatoms. The SMILES string of the molecule is C=CCN(Cc1cnc(S(=O)(=O)Cc2ccccc2)n1C1CC1)C(=S)NC1CC1. The molecule has 0 saturated heterocycles. The lowest BCUT2D eigenvalue weighted by Gasteiger charge is -2.25. The number of hydrogen-bond donors (Lipinski definition) is 1. The van der Waals surface area contributed by atoms with Crippen molar-refractivity contribution in [2.75, 3.05) is 6.54 Å². The monoisotopic (exact) mass is 430 g/mol. The number of rotatable bonds is 9. The molecule has 2 aliphatic rings. The average molecular weight is 431 g/mol. The highest BCUT2D eigenvalue weighted by molar-refractivity contribution is 7.90. The van der Waals surface area contributed by atoms with Gasteiger partial charge < -0.3 is 14.8 Å². The largest absolute Gasteiger partial charge is 0.360 e. The third-order valence-electron chi connectivity index (χ3n) is 5.12. The molecule has 0 radical (unpaired) electrons. The van der Waals surface area contributed by atoms with Crippen LogP contribution in [0.5, 0.6) is 0 Å². The normalized spacial score (nSPS) is 16.4. The van der Waals surface area contributed by atoms with Gasteiger partial charge in [0, 0.05) is 18.6 Å².